The van der Waals surface area contributed by atoms with E-state index in [0.717, 1.165) is 19.4 Å². The minimum absolute atomic E-state index is 0.227. The first-order valence-corrected chi connectivity index (χ1v) is 5.53. The molecule has 0 aromatic rings. The SMILES string of the molecule is NCCCCNCCS(=O)(=O)O. The number of rotatable bonds is 7. The lowest BCUT2D eigenvalue weighted by Crippen LogP contribution is -2.23. The molecular weight excluding hydrogens is 180 g/mol. The van der Waals surface area contributed by atoms with Crippen molar-refractivity contribution in [2.24, 2.45) is 5.73 Å². The molecule has 0 heterocycles. The van der Waals surface area contributed by atoms with Gasteiger partial charge in [-0.3, -0.25) is 4.55 Å². The molecule has 0 saturated carbocycles. The van der Waals surface area contributed by atoms with Crippen molar-refractivity contribution >= 4 is 10.1 Å². The van der Waals surface area contributed by atoms with Crippen molar-refractivity contribution in [2.45, 2.75) is 12.8 Å². The van der Waals surface area contributed by atoms with Crippen LogP contribution < -0.4 is 11.1 Å². The molecule has 0 radical (unpaired) electrons. The zero-order chi connectivity index (χ0) is 9.45. The number of hydrogen-bond acceptors (Lipinski definition) is 4. The average molecular weight is 196 g/mol. The van der Waals surface area contributed by atoms with Crippen LogP contribution >= 0.6 is 0 Å². The molecule has 0 aliphatic rings. The van der Waals surface area contributed by atoms with Gasteiger partial charge < -0.3 is 11.1 Å². The third-order valence-corrected chi connectivity index (χ3v) is 2.06. The molecule has 0 aliphatic heterocycles. The Bertz CT molecular complexity index is 191. The molecule has 12 heavy (non-hydrogen) atoms. The van der Waals surface area contributed by atoms with Crippen molar-refractivity contribution in [3.8, 4) is 0 Å². The fourth-order valence-corrected chi connectivity index (χ4v) is 1.12. The summed E-state index contributed by atoms with van der Waals surface area (Å²) in [4.78, 5) is 0. The molecule has 0 bridgehead atoms. The molecule has 0 aromatic heterocycles. The fourth-order valence-electron chi connectivity index (χ4n) is 0.720. The van der Waals surface area contributed by atoms with E-state index in [9.17, 15) is 8.42 Å². The van der Waals surface area contributed by atoms with Crippen LogP contribution in [0.5, 0.6) is 0 Å². The molecule has 5 nitrogen and oxygen atoms in total. The standard InChI is InChI=1S/C6H16N2O3S/c7-3-1-2-4-8-5-6-12(9,10)11/h8H,1-7H2,(H,9,10,11). The fraction of sp³-hybridized carbons (Fsp3) is 1.00. The zero-order valence-electron chi connectivity index (χ0n) is 6.99. The number of hydrogen-bond donors (Lipinski definition) is 3. The maximum absolute atomic E-state index is 10.2. The van der Waals surface area contributed by atoms with Gasteiger partial charge in [-0.05, 0) is 25.9 Å². The van der Waals surface area contributed by atoms with E-state index in [2.05, 4.69) is 5.32 Å². The molecule has 0 spiro atoms. The monoisotopic (exact) mass is 196 g/mol. The molecule has 74 valence electrons. The van der Waals surface area contributed by atoms with E-state index < -0.39 is 10.1 Å². The maximum atomic E-state index is 10.2. The summed E-state index contributed by atoms with van der Waals surface area (Å²) in [5.41, 5.74) is 5.25. The molecule has 6 heteroatoms. The topological polar surface area (TPSA) is 92.4 Å². The second kappa shape index (κ2) is 6.36. The van der Waals surface area contributed by atoms with E-state index >= 15 is 0 Å². The van der Waals surface area contributed by atoms with Crippen molar-refractivity contribution in [3.05, 3.63) is 0 Å². The molecule has 0 aliphatic carbocycles. The Kier molecular flexibility index (Phi) is 6.27. The Labute approximate surface area is 73.1 Å². The molecule has 0 fully saturated rings. The van der Waals surface area contributed by atoms with E-state index in [1.807, 2.05) is 0 Å². The summed E-state index contributed by atoms with van der Waals surface area (Å²) in [5.74, 6) is -0.227. The van der Waals surface area contributed by atoms with Crippen molar-refractivity contribution in [3.63, 3.8) is 0 Å². The van der Waals surface area contributed by atoms with Crippen LogP contribution in [-0.4, -0.2) is 38.4 Å². The van der Waals surface area contributed by atoms with E-state index in [1.165, 1.54) is 0 Å². The minimum Gasteiger partial charge on any atom is -0.330 e. The molecule has 0 rings (SSSR count). The summed E-state index contributed by atoms with van der Waals surface area (Å²) in [5, 5.41) is 2.88. The number of nitrogens with two attached hydrogens (primary N) is 1. The van der Waals surface area contributed by atoms with Crippen LogP contribution in [0.15, 0.2) is 0 Å². The summed E-state index contributed by atoms with van der Waals surface area (Å²) in [7, 11) is -3.80. The molecule has 0 atom stereocenters. The van der Waals surface area contributed by atoms with E-state index in [0.29, 0.717) is 13.1 Å². The third kappa shape index (κ3) is 9.83. The van der Waals surface area contributed by atoms with Crippen LogP contribution in [0.25, 0.3) is 0 Å². The first-order valence-electron chi connectivity index (χ1n) is 3.92. The predicted molar refractivity (Wildman–Crippen MR) is 47.6 cm³/mol. The van der Waals surface area contributed by atoms with Crippen molar-refractivity contribution in [1.29, 1.82) is 0 Å². The van der Waals surface area contributed by atoms with E-state index in [1.54, 1.807) is 0 Å². The summed E-state index contributed by atoms with van der Waals surface area (Å²) >= 11 is 0. The highest BCUT2D eigenvalue weighted by Gasteiger charge is 2.01. The Balaban J connectivity index is 3.12. The van der Waals surface area contributed by atoms with Gasteiger partial charge in [-0.15, -0.1) is 0 Å². The van der Waals surface area contributed by atoms with Gasteiger partial charge >= 0.3 is 0 Å². The van der Waals surface area contributed by atoms with Gasteiger partial charge in [0.05, 0.1) is 5.75 Å². The Morgan fingerprint density at radius 1 is 1.25 bits per heavy atom. The lowest BCUT2D eigenvalue weighted by molar-refractivity contribution is 0.480. The molecule has 0 amide bonds. The number of nitrogens with one attached hydrogen (secondary N) is 1. The van der Waals surface area contributed by atoms with Crippen LogP contribution in [0.1, 0.15) is 12.8 Å². The van der Waals surface area contributed by atoms with E-state index in [4.69, 9.17) is 10.3 Å². The molecule has 4 N–H and O–H groups in total. The van der Waals surface area contributed by atoms with Crippen LogP contribution in [0, 0.1) is 0 Å². The quantitative estimate of drug-likeness (QED) is 0.366. The normalized spacial score (nSPS) is 11.8. The van der Waals surface area contributed by atoms with Crippen molar-refractivity contribution < 1.29 is 13.0 Å². The highest BCUT2D eigenvalue weighted by Crippen LogP contribution is 1.83. The molecule has 0 aromatic carbocycles. The second-order valence-electron chi connectivity index (χ2n) is 2.53. The van der Waals surface area contributed by atoms with Crippen molar-refractivity contribution in [1.82, 2.24) is 5.32 Å². The summed E-state index contributed by atoms with van der Waals surface area (Å²) in [6.45, 7) is 1.69. The summed E-state index contributed by atoms with van der Waals surface area (Å²) < 4.78 is 28.8. The van der Waals surface area contributed by atoms with Gasteiger partial charge in [0.2, 0.25) is 0 Å². The second-order valence-corrected chi connectivity index (χ2v) is 4.10. The van der Waals surface area contributed by atoms with Crippen molar-refractivity contribution in [2.75, 3.05) is 25.4 Å². The maximum Gasteiger partial charge on any atom is 0.266 e. The van der Waals surface area contributed by atoms with Crippen LogP contribution in [-0.2, 0) is 10.1 Å². The van der Waals surface area contributed by atoms with E-state index in [-0.39, 0.29) is 5.75 Å². The van der Waals surface area contributed by atoms with Crippen LogP contribution in [0.3, 0.4) is 0 Å². The van der Waals surface area contributed by atoms with Gasteiger partial charge in [-0.2, -0.15) is 8.42 Å². The highest BCUT2D eigenvalue weighted by atomic mass is 32.2. The number of unbranched alkanes of at least 4 members (excludes halogenated alkanes) is 1. The summed E-state index contributed by atoms with van der Waals surface area (Å²) in [6, 6.07) is 0. The Morgan fingerprint density at radius 2 is 1.92 bits per heavy atom. The molecular formula is C6H16N2O3S. The Hall–Kier alpha value is -0.170. The van der Waals surface area contributed by atoms with Crippen LogP contribution in [0.2, 0.25) is 0 Å². The van der Waals surface area contributed by atoms with Gasteiger partial charge in [-0.25, -0.2) is 0 Å². The first kappa shape index (κ1) is 11.8. The van der Waals surface area contributed by atoms with Gasteiger partial charge in [0.25, 0.3) is 10.1 Å². The largest absolute Gasteiger partial charge is 0.330 e. The lowest BCUT2D eigenvalue weighted by atomic mass is 10.3. The molecule has 0 saturated heterocycles. The first-order chi connectivity index (χ1) is 5.56. The van der Waals surface area contributed by atoms with Crippen LogP contribution in [0.4, 0.5) is 0 Å². The summed E-state index contributed by atoms with van der Waals surface area (Å²) in [6.07, 6.45) is 1.86. The highest BCUT2D eigenvalue weighted by molar-refractivity contribution is 7.85. The van der Waals surface area contributed by atoms with Gasteiger partial charge in [-0.1, -0.05) is 0 Å². The zero-order valence-corrected chi connectivity index (χ0v) is 7.81. The lowest BCUT2D eigenvalue weighted by Gasteiger charge is -2.01. The molecule has 0 unspecified atom stereocenters. The third-order valence-electron chi connectivity index (χ3n) is 1.34. The Morgan fingerprint density at radius 3 is 2.42 bits per heavy atom. The average Bonchev–Trinajstić information content (AvgIpc) is 1.94. The minimum atomic E-state index is -3.80. The van der Waals surface area contributed by atoms with Gasteiger partial charge in [0.15, 0.2) is 0 Å². The van der Waals surface area contributed by atoms with Gasteiger partial charge in [0.1, 0.15) is 0 Å². The predicted octanol–water partition coefficient (Wildman–Crippen LogP) is -0.797. The smallest absolute Gasteiger partial charge is 0.266 e. The van der Waals surface area contributed by atoms with Gasteiger partial charge in [0, 0.05) is 6.54 Å².